The largest absolute Gasteiger partial charge is 0.496 e. The highest BCUT2D eigenvalue weighted by atomic mass is 16.6. The summed E-state index contributed by atoms with van der Waals surface area (Å²) in [5.74, 6) is 0.975. The number of hydrogen-bond donors (Lipinski definition) is 2. The molecule has 1 atom stereocenters. The zero-order chi connectivity index (χ0) is 27.9. The first-order chi connectivity index (χ1) is 19.4. The number of methoxy groups -OCH3 is 2. The number of aryl methyl sites for hydroxylation is 1. The number of nitrogens with zero attached hydrogens (tertiary/aromatic N) is 2. The van der Waals surface area contributed by atoms with Crippen molar-refractivity contribution in [2.75, 3.05) is 40.5 Å². The van der Waals surface area contributed by atoms with Gasteiger partial charge >= 0.3 is 0 Å². The lowest BCUT2D eigenvalue weighted by atomic mass is 9.56. The Kier molecular flexibility index (Phi) is 7.07. The fourth-order valence-corrected chi connectivity index (χ4v) is 6.95. The summed E-state index contributed by atoms with van der Waals surface area (Å²) in [7, 11) is 3.40. The second kappa shape index (κ2) is 10.5. The van der Waals surface area contributed by atoms with E-state index < -0.39 is 5.60 Å². The molecule has 0 unspecified atom stereocenters. The van der Waals surface area contributed by atoms with E-state index in [2.05, 4.69) is 52.5 Å². The highest BCUT2D eigenvalue weighted by Crippen LogP contribution is 2.56. The van der Waals surface area contributed by atoms with Crippen LogP contribution >= 0.6 is 0 Å². The highest BCUT2D eigenvalue weighted by molar-refractivity contribution is 5.94. The number of nitrogens with one attached hydrogen (secondary N) is 2. The summed E-state index contributed by atoms with van der Waals surface area (Å²) >= 11 is 0. The minimum absolute atomic E-state index is 0.109. The van der Waals surface area contributed by atoms with Gasteiger partial charge in [-0.1, -0.05) is 12.1 Å². The highest BCUT2D eigenvalue weighted by Gasteiger charge is 2.49. The van der Waals surface area contributed by atoms with Crippen molar-refractivity contribution in [3.8, 4) is 11.8 Å². The number of aromatic nitrogens is 1. The van der Waals surface area contributed by atoms with Crippen LogP contribution in [0.3, 0.4) is 0 Å². The van der Waals surface area contributed by atoms with Gasteiger partial charge in [0.05, 0.1) is 32.9 Å². The Morgan fingerprint density at radius 3 is 2.62 bits per heavy atom. The molecule has 6 rings (SSSR count). The van der Waals surface area contributed by atoms with Gasteiger partial charge in [0.1, 0.15) is 11.4 Å². The zero-order valence-electron chi connectivity index (χ0n) is 23.6. The van der Waals surface area contributed by atoms with Crippen molar-refractivity contribution < 1.29 is 19.0 Å². The first-order valence-corrected chi connectivity index (χ1v) is 14.2. The van der Waals surface area contributed by atoms with Crippen LogP contribution in [0.2, 0.25) is 0 Å². The summed E-state index contributed by atoms with van der Waals surface area (Å²) in [4.78, 5) is 18.8. The lowest BCUT2D eigenvalue weighted by molar-refractivity contribution is -0.191. The van der Waals surface area contributed by atoms with E-state index in [0.717, 1.165) is 50.0 Å². The maximum absolute atomic E-state index is 12.9. The number of amides is 1. The van der Waals surface area contributed by atoms with Crippen LogP contribution in [0.4, 0.5) is 0 Å². The minimum Gasteiger partial charge on any atom is -0.496 e. The van der Waals surface area contributed by atoms with Crippen LogP contribution in [0, 0.1) is 29.6 Å². The van der Waals surface area contributed by atoms with Crippen LogP contribution in [0.15, 0.2) is 42.6 Å². The number of hydrogen-bond acceptors (Lipinski definition) is 6. The number of rotatable bonds is 8. The lowest BCUT2D eigenvalue weighted by Crippen LogP contribution is -2.58. The van der Waals surface area contributed by atoms with Gasteiger partial charge in [-0.25, -0.2) is 0 Å². The van der Waals surface area contributed by atoms with Gasteiger partial charge < -0.3 is 24.5 Å². The van der Waals surface area contributed by atoms with Crippen molar-refractivity contribution >= 4 is 16.8 Å². The third-order valence-electron chi connectivity index (χ3n) is 9.52. The Balaban J connectivity index is 1.25. The maximum atomic E-state index is 12.9. The van der Waals surface area contributed by atoms with Crippen molar-refractivity contribution in [3.05, 3.63) is 64.8 Å². The molecule has 0 radical (unpaired) electrons. The Morgan fingerprint density at radius 2 is 1.98 bits per heavy atom. The number of likely N-dealkylation sites (tertiary alicyclic amines) is 1. The number of aromatic amines is 1. The topological polar surface area (TPSA) is 99.6 Å². The average Bonchev–Trinajstić information content (AvgIpc) is 3.44. The summed E-state index contributed by atoms with van der Waals surface area (Å²) in [6.07, 6.45) is 6.06. The van der Waals surface area contributed by atoms with E-state index in [9.17, 15) is 10.1 Å². The molecular weight excluding hydrogens is 504 g/mol. The van der Waals surface area contributed by atoms with Crippen LogP contribution in [0.25, 0.3) is 10.9 Å². The molecule has 40 heavy (non-hydrogen) atoms. The van der Waals surface area contributed by atoms with E-state index in [1.54, 1.807) is 14.2 Å². The van der Waals surface area contributed by atoms with Crippen molar-refractivity contribution in [1.29, 1.82) is 5.26 Å². The number of ether oxygens (including phenoxy) is 3. The van der Waals surface area contributed by atoms with Gasteiger partial charge in [-0.2, -0.15) is 5.26 Å². The van der Waals surface area contributed by atoms with Crippen LogP contribution in [-0.2, 0) is 16.0 Å². The van der Waals surface area contributed by atoms with Gasteiger partial charge in [0, 0.05) is 53.8 Å². The monoisotopic (exact) mass is 542 g/mol. The van der Waals surface area contributed by atoms with E-state index in [4.69, 9.17) is 14.2 Å². The number of carbonyl (C=O) groups excluding carboxylic acids is 1. The van der Waals surface area contributed by atoms with Gasteiger partial charge in [0.2, 0.25) is 0 Å². The smallest absolute Gasteiger partial charge is 0.251 e. The molecule has 2 saturated heterocycles. The summed E-state index contributed by atoms with van der Waals surface area (Å²) in [6.45, 7) is 5.24. The number of nitriles is 1. The molecule has 1 aromatic heterocycles. The van der Waals surface area contributed by atoms with Crippen LogP contribution < -0.4 is 10.1 Å². The van der Waals surface area contributed by atoms with Crippen LogP contribution in [0.5, 0.6) is 5.75 Å². The molecule has 1 spiro atoms. The van der Waals surface area contributed by atoms with Gasteiger partial charge in [0.25, 0.3) is 5.91 Å². The maximum Gasteiger partial charge on any atom is 0.251 e. The van der Waals surface area contributed by atoms with Crippen molar-refractivity contribution in [2.45, 2.75) is 50.8 Å². The molecule has 1 aliphatic carbocycles. The summed E-state index contributed by atoms with van der Waals surface area (Å²) < 4.78 is 16.7. The molecule has 3 heterocycles. The number of carbonyl (C=O) groups is 1. The van der Waals surface area contributed by atoms with E-state index in [1.807, 2.05) is 18.3 Å². The third kappa shape index (κ3) is 4.77. The molecular formula is C32H38N4O4. The standard InChI is InChI=1S/C32H38N4O4/c1-21-12-28(38-2)26(25-8-10-34-29(21)25)17-36-11-9-31(13-22(14-31)16-33)15-27(36)23-4-6-24(7-5-23)30(37)35-18-32(39-3)19-40-20-32/h4-8,10,12,22,27,34H,9,11,13-15,17-20H2,1-3H3,(H,35,37)/t22?,27-,31?/m0/s1. The molecule has 8 heteroatoms. The second-order valence-corrected chi connectivity index (χ2v) is 12.0. The Hall–Kier alpha value is -3.38. The number of benzene rings is 2. The first-order valence-electron chi connectivity index (χ1n) is 14.2. The lowest BCUT2D eigenvalue weighted by Gasteiger charge is -2.53. The van der Waals surface area contributed by atoms with E-state index >= 15 is 0 Å². The zero-order valence-corrected chi connectivity index (χ0v) is 23.6. The fourth-order valence-electron chi connectivity index (χ4n) is 6.95. The SMILES string of the molecule is COc1cc(C)c2[nH]ccc2c1CN1CCC2(CC(C#N)C2)C[C@H]1c1ccc(C(=O)NCC2(OC)COC2)cc1. The molecule has 3 aliphatic rings. The van der Waals surface area contributed by atoms with Crippen molar-refractivity contribution in [2.24, 2.45) is 11.3 Å². The van der Waals surface area contributed by atoms with E-state index in [0.29, 0.717) is 25.3 Å². The predicted octanol–water partition coefficient (Wildman–Crippen LogP) is 4.89. The summed E-state index contributed by atoms with van der Waals surface area (Å²) in [5, 5.41) is 13.7. The molecule has 210 valence electrons. The Morgan fingerprint density at radius 1 is 1.20 bits per heavy atom. The summed E-state index contributed by atoms with van der Waals surface area (Å²) in [5.41, 5.74) is 5.15. The molecule has 2 N–H and O–H groups in total. The number of piperidine rings is 1. The molecule has 1 saturated carbocycles. The Labute approximate surface area is 235 Å². The molecule has 1 amide bonds. The minimum atomic E-state index is -0.418. The quantitative estimate of drug-likeness (QED) is 0.421. The van der Waals surface area contributed by atoms with Crippen molar-refractivity contribution in [1.82, 2.24) is 15.2 Å². The number of H-pyrrole nitrogens is 1. The molecule has 2 aromatic carbocycles. The van der Waals surface area contributed by atoms with E-state index in [-0.39, 0.29) is 23.3 Å². The van der Waals surface area contributed by atoms with Gasteiger partial charge in [-0.05, 0) is 80.0 Å². The first kappa shape index (κ1) is 26.8. The second-order valence-electron chi connectivity index (χ2n) is 12.0. The van der Waals surface area contributed by atoms with Crippen LogP contribution in [-0.4, -0.2) is 61.9 Å². The Bertz CT molecular complexity index is 1420. The molecule has 3 fully saturated rings. The molecule has 0 bridgehead atoms. The third-order valence-corrected chi connectivity index (χ3v) is 9.52. The summed E-state index contributed by atoms with van der Waals surface area (Å²) in [6, 6.07) is 15.0. The molecule has 2 aliphatic heterocycles. The van der Waals surface area contributed by atoms with Gasteiger partial charge in [-0.15, -0.1) is 0 Å². The molecule has 8 nitrogen and oxygen atoms in total. The number of fused-ring (bicyclic) bond motifs is 1. The van der Waals surface area contributed by atoms with Crippen molar-refractivity contribution in [3.63, 3.8) is 0 Å². The van der Waals surface area contributed by atoms with Crippen LogP contribution in [0.1, 0.15) is 58.8 Å². The van der Waals surface area contributed by atoms with E-state index in [1.165, 1.54) is 22.1 Å². The average molecular weight is 543 g/mol. The van der Waals surface area contributed by atoms with Gasteiger partial charge in [0.15, 0.2) is 0 Å². The fraction of sp³-hybridized carbons (Fsp3) is 0.500. The normalized spacial score (nSPS) is 25.6. The predicted molar refractivity (Wildman–Crippen MR) is 152 cm³/mol. The molecule has 3 aromatic rings. The van der Waals surface area contributed by atoms with Gasteiger partial charge in [-0.3, -0.25) is 9.69 Å².